The summed E-state index contributed by atoms with van der Waals surface area (Å²) >= 11 is 5.97. The van der Waals surface area contributed by atoms with Crippen LogP contribution in [0.5, 0.6) is 5.75 Å². The summed E-state index contributed by atoms with van der Waals surface area (Å²) in [6.45, 7) is 2.43. The normalized spacial score (nSPS) is 18.1. The SMILES string of the molecule is Cc1cc(C(=O)NCCNC(=O)c2ccc(O[C@@H]3CC[C@@H](C(O)O)C3)cc2)ccc1Cl. The number of aliphatic hydroxyl groups excluding tert-OH is 1. The van der Waals surface area contributed by atoms with Gasteiger partial charge in [-0.1, -0.05) is 11.6 Å². The van der Waals surface area contributed by atoms with Crippen molar-refractivity contribution in [2.75, 3.05) is 13.1 Å². The Kier molecular flexibility index (Phi) is 7.90. The number of rotatable bonds is 8. The van der Waals surface area contributed by atoms with Gasteiger partial charge < -0.3 is 25.6 Å². The average Bonchev–Trinajstić information content (AvgIpc) is 3.22. The fourth-order valence-corrected chi connectivity index (χ4v) is 3.69. The Hall–Kier alpha value is -2.61. The van der Waals surface area contributed by atoms with Gasteiger partial charge in [0.05, 0.1) is 6.10 Å². The molecule has 2 amide bonds. The fourth-order valence-electron chi connectivity index (χ4n) is 3.57. The van der Waals surface area contributed by atoms with Gasteiger partial charge in [0.15, 0.2) is 6.29 Å². The zero-order valence-corrected chi connectivity index (χ0v) is 18.1. The fraction of sp³-hybridized carbons (Fsp3) is 0.391. The summed E-state index contributed by atoms with van der Waals surface area (Å²) in [5.41, 5.74) is 1.83. The van der Waals surface area contributed by atoms with Crippen molar-refractivity contribution in [2.24, 2.45) is 5.92 Å². The van der Waals surface area contributed by atoms with Gasteiger partial charge in [-0.15, -0.1) is 0 Å². The minimum absolute atomic E-state index is 0.0560. The third-order valence-corrected chi connectivity index (χ3v) is 5.81. The summed E-state index contributed by atoms with van der Waals surface area (Å²) in [6, 6.07) is 11.9. The standard InChI is InChI=1S/C23H27ClN2O5/c1-14-12-16(5-9-20(14)24)22(28)26-11-10-25-21(27)15-2-6-18(7-3-15)31-19-8-4-17(13-19)23(29)30/h2-3,5-7,9,12,17,19,23,29-30H,4,8,10-11,13H2,1H3,(H,25,27)(H,26,28)/t17-,19-/m1/s1. The monoisotopic (exact) mass is 446 g/mol. The van der Waals surface area contributed by atoms with Crippen LogP contribution in [0.4, 0.5) is 0 Å². The molecule has 7 nitrogen and oxygen atoms in total. The van der Waals surface area contributed by atoms with Gasteiger partial charge in [0, 0.05) is 35.2 Å². The lowest BCUT2D eigenvalue weighted by molar-refractivity contribution is -0.0834. The summed E-state index contributed by atoms with van der Waals surface area (Å²) in [5, 5.41) is 24.7. The van der Waals surface area contributed by atoms with Crippen molar-refractivity contribution >= 4 is 23.4 Å². The number of aryl methyl sites for hydroxylation is 1. The summed E-state index contributed by atoms with van der Waals surface area (Å²) in [4.78, 5) is 24.4. The number of ether oxygens (including phenoxy) is 1. The predicted molar refractivity (Wildman–Crippen MR) is 117 cm³/mol. The number of benzene rings is 2. The van der Waals surface area contributed by atoms with E-state index in [-0.39, 0.29) is 23.8 Å². The van der Waals surface area contributed by atoms with E-state index >= 15 is 0 Å². The first-order valence-corrected chi connectivity index (χ1v) is 10.7. The van der Waals surface area contributed by atoms with E-state index in [0.717, 1.165) is 18.4 Å². The zero-order chi connectivity index (χ0) is 22.4. The maximum atomic E-state index is 12.3. The van der Waals surface area contributed by atoms with Gasteiger partial charge >= 0.3 is 0 Å². The average molecular weight is 447 g/mol. The van der Waals surface area contributed by atoms with Gasteiger partial charge in [0.2, 0.25) is 0 Å². The summed E-state index contributed by atoms with van der Waals surface area (Å²) in [7, 11) is 0. The zero-order valence-electron chi connectivity index (χ0n) is 17.3. The third kappa shape index (κ3) is 6.43. The van der Waals surface area contributed by atoms with E-state index in [2.05, 4.69) is 10.6 Å². The van der Waals surface area contributed by atoms with Crippen molar-refractivity contribution in [3.8, 4) is 5.75 Å². The van der Waals surface area contributed by atoms with Crippen LogP contribution in [0.3, 0.4) is 0 Å². The van der Waals surface area contributed by atoms with Crippen molar-refractivity contribution < 1.29 is 24.5 Å². The molecule has 1 aliphatic rings. The van der Waals surface area contributed by atoms with Crippen LogP contribution in [0.15, 0.2) is 42.5 Å². The van der Waals surface area contributed by atoms with Crippen LogP contribution in [-0.2, 0) is 0 Å². The molecule has 166 valence electrons. The maximum absolute atomic E-state index is 12.3. The molecule has 0 bridgehead atoms. The van der Waals surface area contributed by atoms with E-state index in [4.69, 9.17) is 16.3 Å². The largest absolute Gasteiger partial charge is 0.490 e. The molecule has 1 saturated carbocycles. The second-order valence-electron chi connectivity index (χ2n) is 7.73. The van der Waals surface area contributed by atoms with E-state index in [1.165, 1.54) is 0 Å². The molecule has 0 saturated heterocycles. The molecule has 3 rings (SSSR count). The highest BCUT2D eigenvalue weighted by molar-refractivity contribution is 6.31. The van der Waals surface area contributed by atoms with E-state index in [1.54, 1.807) is 42.5 Å². The lowest BCUT2D eigenvalue weighted by atomic mass is 10.1. The Morgan fingerprint density at radius 1 is 1.03 bits per heavy atom. The van der Waals surface area contributed by atoms with Gasteiger partial charge in [-0.05, 0) is 74.2 Å². The lowest BCUT2D eigenvalue weighted by Crippen LogP contribution is -2.34. The van der Waals surface area contributed by atoms with Crippen molar-refractivity contribution in [2.45, 2.75) is 38.6 Å². The van der Waals surface area contributed by atoms with Gasteiger partial charge in [0.25, 0.3) is 11.8 Å². The van der Waals surface area contributed by atoms with E-state index in [9.17, 15) is 19.8 Å². The Labute approximate surface area is 186 Å². The second kappa shape index (κ2) is 10.6. The van der Waals surface area contributed by atoms with Crippen LogP contribution >= 0.6 is 11.6 Å². The van der Waals surface area contributed by atoms with E-state index in [1.807, 2.05) is 6.92 Å². The van der Waals surface area contributed by atoms with Crippen molar-refractivity contribution in [3.05, 3.63) is 64.2 Å². The Balaban J connectivity index is 1.40. The topological polar surface area (TPSA) is 108 Å². The smallest absolute Gasteiger partial charge is 0.251 e. The molecular weight excluding hydrogens is 420 g/mol. The first-order valence-electron chi connectivity index (χ1n) is 10.3. The number of hydrogen-bond acceptors (Lipinski definition) is 5. The summed E-state index contributed by atoms with van der Waals surface area (Å²) in [5.74, 6) is 0.0188. The Morgan fingerprint density at radius 3 is 2.23 bits per heavy atom. The highest BCUT2D eigenvalue weighted by atomic mass is 35.5. The van der Waals surface area contributed by atoms with Crippen LogP contribution in [-0.4, -0.2) is 47.5 Å². The lowest BCUT2D eigenvalue weighted by Gasteiger charge is -2.15. The van der Waals surface area contributed by atoms with Crippen molar-refractivity contribution in [1.29, 1.82) is 0 Å². The maximum Gasteiger partial charge on any atom is 0.251 e. The van der Waals surface area contributed by atoms with Gasteiger partial charge in [0.1, 0.15) is 5.75 Å². The third-order valence-electron chi connectivity index (χ3n) is 5.38. The molecule has 0 aliphatic heterocycles. The van der Waals surface area contributed by atoms with Gasteiger partial charge in [-0.2, -0.15) is 0 Å². The predicted octanol–water partition coefficient (Wildman–Crippen LogP) is 2.67. The highest BCUT2D eigenvalue weighted by Crippen LogP contribution is 2.30. The van der Waals surface area contributed by atoms with E-state index < -0.39 is 6.29 Å². The molecule has 2 aromatic rings. The van der Waals surface area contributed by atoms with Gasteiger partial charge in [-0.25, -0.2) is 0 Å². The minimum Gasteiger partial charge on any atom is -0.490 e. The Bertz CT molecular complexity index is 917. The Morgan fingerprint density at radius 2 is 1.65 bits per heavy atom. The molecule has 0 unspecified atom stereocenters. The molecular formula is C23H27ClN2O5. The van der Waals surface area contributed by atoms with E-state index in [0.29, 0.717) is 41.4 Å². The van der Waals surface area contributed by atoms with Gasteiger partial charge in [-0.3, -0.25) is 9.59 Å². The van der Waals surface area contributed by atoms with Crippen molar-refractivity contribution in [1.82, 2.24) is 10.6 Å². The molecule has 1 fully saturated rings. The summed E-state index contributed by atoms with van der Waals surface area (Å²) < 4.78 is 5.86. The molecule has 31 heavy (non-hydrogen) atoms. The molecule has 0 radical (unpaired) electrons. The number of amides is 2. The highest BCUT2D eigenvalue weighted by Gasteiger charge is 2.30. The minimum atomic E-state index is -1.31. The van der Waals surface area contributed by atoms with Crippen LogP contribution in [0.2, 0.25) is 5.02 Å². The number of halogens is 1. The van der Waals surface area contributed by atoms with Crippen LogP contribution in [0, 0.1) is 12.8 Å². The number of carbonyl (C=O) groups is 2. The molecule has 8 heteroatoms. The first-order chi connectivity index (χ1) is 14.8. The van der Waals surface area contributed by atoms with Crippen LogP contribution < -0.4 is 15.4 Å². The van der Waals surface area contributed by atoms with Crippen LogP contribution in [0.1, 0.15) is 45.5 Å². The molecule has 0 aromatic heterocycles. The molecule has 2 atom stereocenters. The molecule has 4 N–H and O–H groups in total. The first kappa shape index (κ1) is 23.1. The number of carbonyl (C=O) groups excluding carboxylic acids is 2. The number of aliphatic hydroxyl groups is 2. The molecule has 0 spiro atoms. The van der Waals surface area contributed by atoms with Crippen molar-refractivity contribution in [3.63, 3.8) is 0 Å². The van der Waals surface area contributed by atoms with Crippen LogP contribution in [0.25, 0.3) is 0 Å². The number of nitrogens with one attached hydrogen (secondary N) is 2. The molecule has 0 heterocycles. The quantitative estimate of drug-likeness (QED) is 0.368. The second-order valence-corrected chi connectivity index (χ2v) is 8.13. The summed E-state index contributed by atoms with van der Waals surface area (Å²) in [6.07, 6.45) is 0.726. The molecule has 1 aliphatic carbocycles. The molecule has 2 aromatic carbocycles. The number of hydrogen-bond donors (Lipinski definition) is 4.